The molecule has 3 heteroatoms. The molecule has 2 aliphatic rings. The lowest BCUT2D eigenvalue weighted by Gasteiger charge is -2.46. The van der Waals surface area contributed by atoms with Gasteiger partial charge in [-0.1, -0.05) is 6.07 Å². The molecule has 3 nitrogen and oxygen atoms in total. The van der Waals surface area contributed by atoms with E-state index in [4.69, 9.17) is 4.74 Å². The van der Waals surface area contributed by atoms with E-state index < -0.39 is 0 Å². The molecule has 0 amide bonds. The Hall–Kier alpha value is -0.930. The van der Waals surface area contributed by atoms with Crippen LogP contribution in [0.5, 0.6) is 0 Å². The first-order valence-electron chi connectivity index (χ1n) is 5.61. The monoisotopic (exact) mass is 204 g/mol. The minimum Gasteiger partial charge on any atom is -0.379 e. The largest absolute Gasteiger partial charge is 0.379 e. The zero-order valence-electron chi connectivity index (χ0n) is 8.78. The molecule has 1 aromatic rings. The summed E-state index contributed by atoms with van der Waals surface area (Å²) in [6.07, 6.45) is 5.10. The number of nitrogens with zero attached hydrogens (tertiary/aromatic N) is 1. The van der Waals surface area contributed by atoms with Crippen LogP contribution in [0.2, 0.25) is 0 Å². The first kappa shape index (κ1) is 9.31. The first-order chi connectivity index (χ1) is 7.42. The lowest BCUT2D eigenvalue weighted by atomic mass is 9.69. The minimum atomic E-state index is 0.248. The van der Waals surface area contributed by atoms with Crippen LogP contribution < -0.4 is 5.32 Å². The Morgan fingerprint density at radius 3 is 2.93 bits per heavy atom. The molecular weight excluding hydrogens is 188 g/mol. The zero-order chi connectivity index (χ0) is 10.1. The van der Waals surface area contributed by atoms with Crippen molar-refractivity contribution in [1.82, 2.24) is 10.3 Å². The van der Waals surface area contributed by atoms with E-state index in [1.165, 1.54) is 12.0 Å². The van der Waals surface area contributed by atoms with Crippen LogP contribution in [-0.4, -0.2) is 31.3 Å². The quantitative estimate of drug-likeness (QED) is 0.779. The van der Waals surface area contributed by atoms with Crippen LogP contribution in [-0.2, 0) is 10.2 Å². The maximum Gasteiger partial charge on any atom is 0.0589 e. The highest BCUT2D eigenvalue weighted by Crippen LogP contribution is 2.41. The predicted molar refractivity (Wildman–Crippen MR) is 57.7 cm³/mol. The molecule has 1 atom stereocenters. The van der Waals surface area contributed by atoms with E-state index in [0.29, 0.717) is 0 Å². The number of aromatic nitrogens is 1. The average Bonchev–Trinajstić information content (AvgIpc) is 2.72. The lowest BCUT2D eigenvalue weighted by molar-refractivity contribution is -0.0870. The molecule has 1 unspecified atom stereocenters. The maximum atomic E-state index is 5.45. The highest BCUT2D eigenvalue weighted by Gasteiger charge is 2.47. The summed E-state index contributed by atoms with van der Waals surface area (Å²) in [6, 6.07) is 4.21. The highest BCUT2D eigenvalue weighted by molar-refractivity contribution is 5.27. The summed E-state index contributed by atoms with van der Waals surface area (Å²) in [6.45, 7) is 4.00. The molecular formula is C12H16N2O. The Bertz CT molecular complexity index is 329. The first-order valence-corrected chi connectivity index (χ1v) is 5.61. The predicted octanol–water partition coefficient (Wildman–Crippen LogP) is 0.959. The van der Waals surface area contributed by atoms with Crippen LogP contribution in [0.4, 0.5) is 0 Å². The van der Waals surface area contributed by atoms with E-state index in [1.54, 1.807) is 0 Å². The van der Waals surface area contributed by atoms with Gasteiger partial charge in [0.2, 0.25) is 0 Å². The van der Waals surface area contributed by atoms with E-state index in [1.807, 2.05) is 18.5 Å². The molecule has 0 radical (unpaired) electrons. The summed E-state index contributed by atoms with van der Waals surface area (Å²) in [5.74, 6) is 0.718. The number of ether oxygens (including phenoxy) is 1. The van der Waals surface area contributed by atoms with Crippen LogP contribution >= 0.6 is 0 Å². The standard InChI is InChI=1S/C12H16N2O/c1-2-10(6-13-4-1)12(8-15-9-12)11-3-5-14-7-11/h1-2,4,6,11,14H,3,5,7-9H2. The van der Waals surface area contributed by atoms with Crippen LogP contribution in [0.25, 0.3) is 0 Å². The van der Waals surface area contributed by atoms with Gasteiger partial charge in [0.25, 0.3) is 0 Å². The Morgan fingerprint density at radius 1 is 1.47 bits per heavy atom. The summed E-state index contributed by atoms with van der Waals surface area (Å²) in [4.78, 5) is 4.23. The molecule has 80 valence electrons. The van der Waals surface area contributed by atoms with Crippen LogP contribution in [0.3, 0.4) is 0 Å². The van der Waals surface area contributed by atoms with Crippen LogP contribution in [0.15, 0.2) is 24.5 Å². The minimum absolute atomic E-state index is 0.248. The molecule has 2 saturated heterocycles. The van der Waals surface area contributed by atoms with E-state index in [9.17, 15) is 0 Å². The van der Waals surface area contributed by atoms with Gasteiger partial charge in [0.1, 0.15) is 0 Å². The third kappa shape index (κ3) is 1.38. The van der Waals surface area contributed by atoms with E-state index in [-0.39, 0.29) is 5.41 Å². The smallest absolute Gasteiger partial charge is 0.0589 e. The van der Waals surface area contributed by atoms with Gasteiger partial charge < -0.3 is 10.1 Å². The van der Waals surface area contributed by atoms with Crippen LogP contribution in [0, 0.1) is 5.92 Å². The SMILES string of the molecule is c1cncc(C2(C3CCNC3)COC2)c1. The fraction of sp³-hybridized carbons (Fsp3) is 0.583. The Labute approximate surface area is 89.9 Å². The van der Waals surface area contributed by atoms with Crippen molar-refractivity contribution in [2.24, 2.45) is 5.92 Å². The van der Waals surface area contributed by atoms with Crippen LogP contribution in [0.1, 0.15) is 12.0 Å². The number of nitrogens with one attached hydrogen (secondary N) is 1. The zero-order valence-corrected chi connectivity index (χ0v) is 8.78. The number of hydrogen-bond donors (Lipinski definition) is 1. The maximum absolute atomic E-state index is 5.45. The van der Waals surface area contributed by atoms with Gasteiger partial charge in [-0.3, -0.25) is 4.98 Å². The molecule has 0 aromatic carbocycles. The molecule has 15 heavy (non-hydrogen) atoms. The summed E-state index contributed by atoms with van der Waals surface area (Å²) in [7, 11) is 0. The second-order valence-electron chi connectivity index (χ2n) is 4.58. The number of rotatable bonds is 2. The second-order valence-corrected chi connectivity index (χ2v) is 4.58. The Morgan fingerprint density at radius 2 is 2.40 bits per heavy atom. The highest BCUT2D eigenvalue weighted by atomic mass is 16.5. The topological polar surface area (TPSA) is 34.2 Å². The van der Waals surface area contributed by atoms with Crippen molar-refractivity contribution in [3.63, 3.8) is 0 Å². The Kier molecular flexibility index (Phi) is 2.22. The van der Waals surface area contributed by atoms with Crippen molar-refractivity contribution in [3.8, 4) is 0 Å². The number of pyridine rings is 1. The van der Waals surface area contributed by atoms with Gasteiger partial charge in [-0.15, -0.1) is 0 Å². The molecule has 1 N–H and O–H groups in total. The van der Waals surface area contributed by atoms with Gasteiger partial charge in [-0.05, 0) is 37.1 Å². The molecule has 3 rings (SSSR count). The van der Waals surface area contributed by atoms with Gasteiger partial charge in [-0.25, -0.2) is 0 Å². The van der Waals surface area contributed by atoms with Crippen molar-refractivity contribution >= 4 is 0 Å². The van der Waals surface area contributed by atoms with Gasteiger partial charge >= 0.3 is 0 Å². The van der Waals surface area contributed by atoms with Crippen molar-refractivity contribution in [2.75, 3.05) is 26.3 Å². The summed E-state index contributed by atoms with van der Waals surface area (Å²) in [5.41, 5.74) is 1.60. The normalized spacial score (nSPS) is 28.7. The molecule has 0 spiro atoms. The molecule has 0 aliphatic carbocycles. The van der Waals surface area contributed by atoms with Gasteiger partial charge in [0.15, 0.2) is 0 Å². The average molecular weight is 204 g/mol. The van der Waals surface area contributed by atoms with Gasteiger partial charge in [-0.2, -0.15) is 0 Å². The molecule has 1 aromatic heterocycles. The van der Waals surface area contributed by atoms with Crippen molar-refractivity contribution in [1.29, 1.82) is 0 Å². The second kappa shape index (κ2) is 3.58. The van der Waals surface area contributed by atoms with E-state index in [0.717, 1.165) is 32.2 Å². The lowest BCUT2D eigenvalue weighted by Crippen LogP contribution is -2.53. The molecule has 2 aliphatic heterocycles. The van der Waals surface area contributed by atoms with Crippen molar-refractivity contribution in [2.45, 2.75) is 11.8 Å². The summed E-state index contributed by atoms with van der Waals surface area (Å²) in [5, 5.41) is 3.44. The van der Waals surface area contributed by atoms with E-state index >= 15 is 0 Å². The van der Waals surface area contributed by atoms with Gasteiger partial charge in [0.05, 0.1) is 13.2 Å². The fourth-order valence-corrected chi connectivity index (χ4v) is 2.74. The summed E-state index contributed by atoms with van der Waals surface area (Å²) < 4.78 is 5.45. The Balaban J connectivity index is 1.92. The molecule has 0 saturated carbocycles. The van der Waals surface area contributed by atoms with Gasteiger partial charge in [0, 0.05) is 17.8 Å². The molecule has 2 fully saturated rings. The van der Waals surface area contributed by atoms with E-state index in [2.05, 4.69) is 16.4 Å². The van der Waals surface area contributed by atoms with Crippen molar-refractivity contribution < 1.29 is 4.74 Å². The number of hydrogen-bond acceptors (Lipinski definition) is 3. The molecule has 3 heterocycles. The third-order valence-corrected chi connectivity index (χ3v) is 3.80. The fourth-order valence-electron chi connectivity index (χ4n) is 2.74. The molecule has 0 bridgehead atoms. The summed E-state index contributed by atoms with van der Waals surface area (Å²) >= 11 is 0. The van der Waals surface area contributed by atoms with Crippen molar-refractivity contribution in [3.05, 3.63) is 30.1 Å². The third-order valence-electron chi connectivity index (χ3n) is 3.80.